The maximum atomic E-state index is 3.63. The van der Waals surface area contributed by atoms with Gasteiger partial charge in [-0.1, -0.05) is 19.8 Å². The maximum absolute atomic E-state index is 3.63. The van der Waals surface area contributed by atoms with E-state index in [-0.39, 0.29) is 0 Å². The fraction of sp³-hybridized carbons (Fsp3) is 1.00. The van der Waals surface area contributed by atoms with Crippen LogP contribution in [0.5, 0.6) is 0 Å². The van der Waals surface area contributed by atoms with Crippen LogP contribution in [0.15, 0.2) is 0 Å². The van der Waals surface area contributed by atoms with Gasteiger partial charge in [0.25, 0.3) is 0 Å². The minimum absolute atomic E-state index is 0.701. The molecule has 2 fully saturated rings. The lowest BCUT2D eigenvalue weighted by Gasteiger charge is -2.19. The largest absolute Gasteiger partial charge is 0.313 e. The monoisotopic (exact) mass is 224 g/mol. The average molecular weight is 224 g/mol. The van der Waals surface area contributed by atoms with E-state index >= 15 is 0 Å². The van der Waals surface area contributed by atoms with Crippen molar-refractivity contribution in [1.82, 2.24) is 10.2 Å². The fourth-order valence-electron chi connectivity index (χ4n) is 3.52. The highest BCUT2D eigenvalue weighted by Gasteiger charge is 2.35. The summed E-state index contributed by atoms with van der Waals surface area (Å²) in [6.07, 6.45) is 7.10. The van der Waals surface area contributed by atoms with Gasteiger partial charge in [0.1, 0.15) is 0 Å². The van der Waals surface area contributed by atoms with Crippen LogP contribution in [0.3, 0.4) is 0 Å². The van der Waals surface area contributed by atoms with Crippen molar-refractivity contribution in [3.63, 3.8) is 0 Å². The van der Waals surface area contributed by atoms with E-state index in [4.69, 9.17) is 0 Å². The molecule has 0 aromatic rings. The second-order valence-corrected chi connectivity index (χ2v) is 5.85. The molecule has 0 bridgehead atoms. The molecule has 1 aliphatic heterocycles. The lowest BCUT2D eigenvalue weighted by molar-refractivity contribution is 0.303. The number of fused-ring (bicyclic) bond motifs is 1. The quantitative estimate of drug-likeness (QED) is 0.746. The molecule has 0 amide bonds. The molecule has 2 heteroatoms. The molecule has 1 heterocycles. The third-order valence-corrected chi connectivity index (χ3v) is 4.44. The summed E-state index contributed by atoms with van der Waals surface area (Å²) >= 11 is 0. The third-order valence-electron chi connectivity index (χ3n) is 4.44. The Morgan fingerprint density at radius 1 is 1.25 bits per heavy atom. The van der Waals surface area contributed by atoms with Crippen molar-refractivity contribution in [1.29, 1.82) is 0 Å². The molecule has 16 heavy (non-hydrogen) atoms. The number of nitrogens with one attached hydrogen (secondary N) is 1. The number of hydrogen-bond acceptors (Lipinski definition) is 2. The Balaban J connectivity index is 1.57. The molecule has 94 valence electrons. The summed E-state index contributed by atoms with van der Waals surface area (Å²) in [5.74, 6) is 2.10. The number of nitrogens with zero attached hydrogens (tertiary/aromatic N) is 1. The molecule has 0 spiro atoms. The van der Waals surface area contributed by atoms with E-state index in [1.165, 1.54) is 58.3 Å². The molecule has 0 aromatic heterocycles. The van der Waals surface area contributed by atoms with Crippen molar-refractivity contribution in [2.45, 2.75) is 52.0 Å². The lowest BCUT2D eigenvalue weighted by atomic mass is 10.0. The summed E-state index contributed by atoms with van der Waals surface area (Å²) in [4.78, 5) is 2.68. The standard InChI is InChI=1S/C14H28N2/c1-3-5-12(2)15-8-9-16-10-13-6-4-7-14(13)11-16/h12-15H,3-11H2,1-2H3. The van der Waals surface area contributed by atoms with Crippen LogP contribution < -0.4 is 5.32 Å². The van der Waals surface area contributed by atoms with Gasteiger partial charge in [-0.3, -0.25) is 0 Å². The van der Waals surface area contributed by atoms with E-state index in [1.54, 1.807) is 0 Å². The fourth-order valence-corrected chi connectivity index (χ4v) is 3.52. The zero-order chi connectivity index (χ0) is 11.4. The Morgan fingerprint density at radius 3 is 2.56 bits per heavy atom. The molecule has 2 nitrogen and oxygen atoms in total. The molecule has 3 atom stereocenters. The van der Waals surface area contributed by atoms with Gasteiger partial charge in [0.05, 0.1) is 0 Å². The minimum atomic E-state index is 0.701. The van der Waals surface area contributed by atoms with Gasteiger partial charge in [0.15, 0.2) is 0 Å². The van der Waals surface area contributed by atoms with Gasteiger partial charge < -0.3 is 10.2 Å². The van der Waals surface area contributed by atoms with E-state index < -0.39 is 0 Å². The highest BCUT2D eigenvalue weighted by molar-refractivity contribution is 4.88. The van der Waals surface area contributed by atoms with E-state index in [2.05, 4.69) is 24.1 Å². The Labute approximate surface area is 101 Å². The van der Waals surface area contributed by atoms with Gasteiger partial charge in [-0.15, -0.1) is 0 Å². The van der Waals surface area contributed by atoms with Crippen LogP contribution in [0, 0.1) is 11.8 Å². The number of likely N-dealkylation sites (tertiary alicyclic amines) is 1. The normalized spacial score (nSPS) is 31.9. The second-order valence-electron chi connectivity index (χ2n) is 5.85. The van der Waals surface area contributed by atoms with E-state index in [0.29, 0.717) is 6.04 Å². The summed E-state index contributed by atoms with van der Waals surface area (Å²) in [6, 6.07) is 0.701. The maximum Gasteiger partial charge on any atom is 0.0107 e. The first-order valence-electron chi connectivity index (χ1n) is 7.25. The highest BCUT2D eigenvalue weighted by Crippen LogP contribution is 2.37. The number of hydrogen-bond donors (Lipinski definition) is 1. The Bertz CT molecular complexity index is 193. The second kappa shape index (κ2) is 6.02. The molecule has 2 aliphatic rings. The van der Waals surface area contributed by atoms with Crippen LogP contribution in [0.25, 0.3) is 0 Å². The first kappa shape index (κ1) is 12.4. The van der Waals surface area contributed by atoms with Crippen LogP contribution in [-0.2, 0) is 0 Å². The van der Waals surface area contributed by atoms with Gasteiger partial charge in [-0.2, -0.15) is 0 Å². The Kier molecular flexibility index (Phi) is 4.66. The summed E-state index contributed by atoms with van der Waals surface area (Å²) in [7, 11) is 0. The molecule has 1 aliphatic carbocycles. The topological polar surface area (TPSA) is 15.3 Å². The van der Waals surface area contributed by atoms with Crippen molar-refractivity contribution in [2.75, 3.05) is 26.2 Å². The zero-order valence-electron chi connectivity index (χ0n) is 11.0. The van der Waals surface area contributed by atoms with Crippen molar-refractivity contribution >= 4 is 0 Å². The molecule has 0 radical (unpaired) electrons. The molecule has 2 rings (SSSR count). The van der Waals surface area contributed by atoms with Gasteiger partial charge >= 0.3 is 0 Å². The van der Waals surface area contributed by atoms with Crippen molar-refractivity contribution < 1.29 is 0 Å². The predicted molar refractivity (Wildman–Crippen MR) is 69.6 cm³/mol. The van der Waals surface area contributed by atoms with Gasteiger partial charge in [0.2, 0.25) is 0 Å². The SMILES string of the molecule is CCCC(C)NCCN1CC2CCCC2C1. The Hall–Kier alpha value is -0.0800. The van der Waals surface area contributed by atoms with E-state index in [0.717, 1.165) is 11.8 Å². The molecule has 1 N–H and O–H groups in total. The van der Waals surface area contributed by atoms with Crippen molar-refractivity contribution in [3.8, 4) is 0 Å². The minimum Gasteiger partial charge on any atom is -0.313 e. The van der Waals surface area contributed by atoms with Crippen LogP contribution in [-0.4, -0.2) is 37.1 Å². The average Bonchev–Trinajstić information content (AvgIpc) is 2.78. The zero-order valence-corrected chi connectivity index (χ0v) is 11.0. The smallest absolute Gasteiger partial charge is 0.0107 e. The van der Waals surface area contributed by atoms with Gasteiger partial charge in [0, 0.05) is 32.2 Å². The molecule has 3 unspecified atom stereocenters. The summed E-state index contributed by atoms with van der Waals surface area (Å²) < 4.78 is 0. The molecular formula is C14H28N2. The Morgan fingerprint density at radius 2 is 1.94 bits per heavy atom. The third kappa shape index (κ3) is 3.21. The van der Waals surface area contributed by atoms with Crippen LogP contribution >= 0.6 is 0 Å². The molecular weight excluding hydrogens is 196 g/mol. The first-order valence-corrected chi connectivity index (χ1v) is 7.25. The summed E-state index contributed by atoms with van der Waals surface area (Å²) in [5.41, 5.74) is 0. The van der Waals surface area contributed by atoms with Gasteiger partial charge in [-0.25, -0.2) is 0 Å². The van der Waals surface area contributed by atoms with E-state index in [1.807, 2.05) is 0 Å². The summed E-state index contributed by atoms with van der Waals surface area (Å²) in [5, 5.41) is 3.63. The van der Waals surface area contributed by atoms with Crippen LogP contribution in [0.1, 0.15) is 46.0 Å². The molecule has 1 saturated heterocycles. The van der Waals surface area contributed by atoms with Crippen LogP contribution in [0.4, 0.5) is 0 Å². The molecule has 0 aromatic carbocycles. The lowest BCUT2D eigenvalue weighted by Crippen LogP contribution is -2.35. The summed E-state index contributed by atoms with van der Waals surface area (Å²) in [6.45, 7) is 9.78. The first-order chi connectivity index (χ1) is 7.79. The highest BCUT2D eigenvalue weighted by atomic mass is 15.2. The van der Waals surface area contributed by atoms with Crippen LogP contribution in [0.2, 0.25) is 0 Å². The molecule has 1 saturated carbocycles. The van der Waals surface area contributed by atoms with E-state index in [9.17, 15) is 0 Å². The number of rotatable bonds is 6. The predicted octanol–water partition coefficient (Wildman–Crippen LogP) is 2.50. The van der Waals surface area contributed by atoms with Crippen molar-refractivity contribution in [2.24, 2.45) is 11.8 Å². The van der Waals surface area contributed by atoms with Crippen molar-refractivity contribution in [3.05, 3.63) is 0 Å². The van der Waals surface area contributed by atoms with Gasteiger partial charge in [-0.05, 0) is 38.0 Å².